The molecule has 2 aromatic heterocycles. The molecule has 1 saturated heterocycles. The van der Waals surface area contributed by atoms with Gasteiger partial charge in [-0.25, -0.2) is 14.4 Å². The zero-order valence-electron chi connectivity index (χ0n) is 30.1. The van der Waals surface area contributed by atoms with Crippen molar-refractivity contribution in [1.29, 1.82) is 0 Å². The fourth-order valence-corrected chi connectivity index (χ4v) is 7.41. The van der Waals surface area contributed by atoms with E-state index in [-0.39, 0.29) is 42.4 Å². The number of aliphatic carboxylic acids is 1. The fourth-order valence-electron chi connectivity index (χ4n) is 6.40. The minimum atomic E-state index is -0.919. The first-order chi connectivity index (χ1) is 24.9. The van der Waals surface area contributed by atoms with E-state index in [2.05, 4.69) is 49.8 Å². The van der Waals surface area contributed by atoms with Crippen molar-refractivity contribution in [1.82, 2.24) is 14.9 Å². The van der Waals surface area contributed by atoms with Crippen LogP contribution in [0.15, 0.2) is 91.3 Å². The Bertz CT molecular complexity index is 2040. The van der Waals surface area contributed by atoms with Gasteiger partial charge in [0.2, 0.25) is 5.91 Å². The predicted molar refractivity (Wildman–Crippen MR) is 204 cm³/mol. The molecule has 0 radical (unpaired) electrons. The Labute approximate surface area is 308 Å². The van der Waals surface area contributed by atoms with Crippen LogP contribution in [0.1, 0.15) is 72.6 Å². The monoisotopic (exact) mass is 717 g/mol. The third kappa shape index (κ3) is 8.53. The Kier molecular flexibility index (Phi) is 11.1. The summed E-state index contributed by atoms with van der Waals surface area (Å²) >= 11 is 1.46. The van der Waals surface area contributed by atoms with Crippen LogP contribution in [0, 0.1) is 17.7 Å². The van der Waals surface area contributed by atoms with E-state index in [1.165, 1.54) is 21.8 Å². The molecule has 3 aromatic carbocycles. The van der Waals surface area contributed by atoms with Crippen molar-refractivity contribution in [2.45, 2.75) is 65.2 Å². The number of nitrogens with zero attached hydrogens (tertiary/aromatic N) is 3. The lowest BCUT2D eigenvalue weighted by atomic mass is 9.89. The smallest absolute Gasteiger partial charge is 0.310 e. The summed E-state index contributed by atoms with van der Waals surface area (Å²) in [6, 6.07) is 24.8. The summed E-state index contributed by atoms with van der Waals surface area (Å²) < 4.78 is 15.3. The molecule has 0 saturated carbocycles. The maximum Gasteiger partial charge on any atom is 0.310 e. The van der Waals surface area contributed by atoms with Crippen molar-refractivity contribution in [3.63, 3.8) is 0 Å². The summed E-state index contributed by atoms with van der Waals surface area (Å²) in [5.74, 6) is -2.30. The Morgan fingerprint density at radius 1 is 0.865 bits per heavy atom. The summed E-state index contributed by atoms with van der Waals surface area (Å²) in [6.45, 7) is 8.77. The summed E-state index contributed by atoms with van der Waals surface area (Å²) in [5.41, 5.74) is 5.58. The molecular weight excluding hydrogens is 674 g/mol. The summed E-state index contributed by atoms with van der Waals surface area (Å²) in [4.78, 5) is 50.7. The number of halogens is 1. The number of carbonyl (C=O) groups excluding carboxylic acids is 2. The Balaban J connectivity index is 1.13. The first-order valence-electron chi connectivity index (χ1n) is 17.8. The van der Waals surface area contributed by atoms with Gasteiger partial charge in [0.25, 0.3) is 0 Å². The van der Waals surface area contributed by atoms with Crippen molar-refractivity contribution in [3.05, 3.63) is 118 Å². The van der Waals surface area contributed by atoms with Crippen LogP contribution in [0.4, 0.5) is 4.39 Å². The average Bonchev–Trinajstić information content (AvgIpc) is 3.62. The van der Waals surface area contributed by atoms with Crippen molar-refractivity contribution in [3.8, 4) is 33.6 Å². The summed E-state index contributed by atoms with van der Waals surface area (Å²) in [5, 5.41) is 9.33. The Morgan fingerprint density at radius 2 is 1.50 bits per heavy atom. The number of aryl methyl sites for hydroxylation is 1. The molecule has 52 heavy (non-hydrogen) atoms. The number of carboxylic acid groups (broad SMARTS) is 1. The van der Waals surface area contributed by atoms with Gasteiger partial charge >= 0.3 is 5.97 Å². The summed E-state index contributed by atoms with van der Waals surface area (Å²) in [7, 11) is 0. The highest BCUT2D eigenvalue weighted by Crippen LogP contribution is 2.32. The number of rotatable bonds is 13. The van der Waals surface area contributed by atoms with Crippen LogP contribution in [-0.2, 0) is 27.8 Å². The van der Waals surface area contributed by atoms with Crippen LogP contribution < -0.4 is 0 Å². The van der Waals surface area contributed by atoms with Crippen LogP contribution in [0.25, 0.3) is 33.6 Å². The highest BCUT2D eigenvalue weighted by Gasteiger charge is 2.39. The summed E-state index contributed by atoms with van der Waals surface area (Å²) in [6.07, 6.45) is 6.93. The highest BCUT2D eigenvalue weighted by atomic mass is 32.1. The molecule has 3 heterocycles. The van der Waals surface area contributed by atoms with E-state index in [4.69, 9.17) is 0 Å². The third-order valence-electron chi connectivity index (χ3n) is 9.68. The normalized spacial score (nSPS) is 13.8. The molecule has 0 bridgehead atoms. The number of carbonyl (C=O) groups is 3. The molecule has 9 heteroatoms. The van der Waals surface area contributed by atoms with E-state index >= 15 is 4.39 Å². The molecule has 1 aliphatic rings. The second kappa shape index (κ2) is 15.7. The molecule has 0 aliphatic carbocycles. The van der Waals surface area contributed by atoms with E-state index in [1.54, 1.807) is 24.5 Å². The maximum atomic E-state index is 15.3. The van der Waals surface area contributed by atoms with Crippen molar-refractivity contribution < 1.29 is 23.9 Å². The molecule has 7 nitrogen and oxygen atoms in total. The molecule has 268 valence electrons. The number of aromatic nitrogens is 2. The number of hydrogen-bond donors (Lipinski definition) is 1. The van der Waals surface area contributed by atoms with Crippen molar-refractivity contribution in [2.75, 3.05) is 13.1 Å². The van der Waals surface area contributed by atoms with Crippen LogP contribution in [0.2, 0.25) is 0 Å². The molecule has 6 rings (SSSR count). The molecule has 1 atom stereocenters. The fraction of sp³-hybridized carbons (Fsp3) is 0.326. The number of benzene rings is 3. The van der Waals surface area contributed by atoms with E-state index in [0.717, 1.165) is 46.4 Å². The van der Waals surface area contributed by atoms with E-state index < -0.39 is 17.8 Å². The van der Waals surface area contributed by atoms with Gasteiger partial charge < -0.3 is 10.0 Å². The van der Waals surface area contributed by atoms with E-state index in [9.17, 15) is 19.5 Å². The van der Waals surface area contributed by atoms with Gasteiger partial charge in [0, 0.05) is 59.4 Å². The molecular formula is C43H44FN3O4S. The quantitative estimate of drug-likeness (QED) is 0.122. The lowest BCUT2D eigenvalue weighted by molar-refractivity contribution is -0.154. The molecule has 1 N–H and O–H groups in total. The predicted octanol–water partition coefficient (Wildman–Crippen LogP) is 9.29. The standard InChI is InChI=1S/C43H44FN3O4S/c1-5-6-7-27-8-12-29(13-9-27)31-16-17-35(36(44)21-31)33-23-45-40(46-24-33)30-14-10-28(11-15-30)20-32(41(49)47-25-34(26-47)42(50)51)22-37(48)38-18-19-39(52-38)43(2,3)4/h8-19,21,23-24,32,34H,5-7,20,22,25-26H2,1-4H3,(H,50,51)/t32-/m1/s1. The van der Waals surface area contributed by atoms with Crippen LogP contribution >= 0.6 is 11.3 Å². The Morgan fingerprint density at radius 3 is 2.10 bits per heavy atom. The lowest BCUT2D eigenvalue weighted by Gasteiger charge is -2.38. The molecule has 5 aromatic rings. The lowest BCUT2D eigenvalue weighted by Crippen LogP contribution is -2.55. The zero-order valence-corrected chi connectivity index (χ0v) is 30.9. The van der Waals surface area contributed by atoms with E-state index in [1.807, 2.05) is 54.6 Å². The number of carboxylic acids is 1. The van der Waals surface area contributed by atoms with Crippen LogP contribution in [0.3, 0.4) is 0 Å². The van der Waals surface area contributed by atoms with Gasteiger partial charge in [0.05, 0.1) is 10.8 Å². The molecule has 1 fully saturated rings. The minimum absolute atomic E-state index is 0.0341. The van der Waals surface area contributed by atoms with Gasteiger partial charge in [0.15, 0.2) is 11.6 Å². The zero-order chi connectivity index (χ0) is 37.0. The van der Waals surface area contributed by atoms with E-state index in [0.29, 0.717) is 28.2 Å². The number of hydrogen-bond acceptors (Lipinski definition) is 6. The van der Waals surface area contributed by atoms with Gasteiger partial charge in [0.1, 0.15) is 5.82 Å². The largest absolute Gasteiger partial charge is 0.481 e. The average molecular weight is 718 g/mol. The van der Waals surface area contributed by atoms with Crippen molar-refractivity contribution >= 4 is 29.0 Å². The van der Waals surface area contributed by atoms with Crippen molar-refractivity contribution in [2.24, 2.45) is 11.8 Å². The second-order valence-corrected chi connectivity index (χ2v) is 15.8. The number of thiophene rings is 1. The molecule has 0 spiro atoms. The van der Waals surface area contributed by atoms with Gasteiger partial charge in [-0.15, -0.1) is 11.3 Å². The molecule has 1 amide bonds. The van der Waals surface area contributed by atoms with Gasteiger partial charge in [-0.1, -0.05) is 94.8 Å². The van der Waals surface area contributed by atoms with Gasteiger partial charge in [-0.2, -0.15) is 0 Å². The number of Topliss-reactive ketones (excluding diaryl/α,β-unsaturated/α-hetero) is 1. The van der Waals surface area contributed by atoms with Crippen LogP contribution in [0.5, 0.6) is 0 Å². The van der Waals surface area contributed by atoms with Gasteiger partial charge in [-0.3, -0.25) is 14.4 Å². The number of ketones is 1. The molecule has 1 aliphatic heterocycles. The van der Waals surface area contributed by atoms with Gasteiger partial charge in [-0.05, 0) is 65.1 Å². The number of amides is 1. The first kappa shape index (κ1) is 36.8. The SMILES string of the molecule is CCCCc1ccc(-c2ccc(-c3cnc(-c4ccc(C[C@H](CC(=O)c5ccc(C(C)(C)C)s5)C(=O)N5CC(C(=O)O)C5)cc4)nc3)c(F)c2)cc1. The third-order valence-corrected chi connectivity index (χ3v) is 11.2. The topological polar surface area (TPSA) is 100 Å². The Hall–Kier alpha value is -5.02. The second-order valence-electron chi connectivity index (χ2n) is 14.7. The maximum absolute atomic E-state index is 15.3. The highest BCUT2D eigenvalue weighted by molar-refractivity contribution is 7.14. The first-order valence-corrected chi connectivity index (χ1v) is 18.7. The molecule has 0 unspecified atom stereocenters. The minimum Gasteiger partial charge on any atom is -0.481 e. The number of unbranched alkanes of at least 4 members (excludes halogenated alkanes) is 1. The number of likely N-dealkylation sites (tertiary alicyclic amines) is 1. The van der Waals surface area contributed by atoms with Crippen LogP contribution in [-0.4, -0.2) is 50.7 Å².